The molecule has 18 heavy (non-hydrogen) atoms. The highest BCUT2D eigenvalue weighted by atomic mass is 14.0. The first-order chi connectivity index (χ1) is 8.78. The van der Waals surface area contributed by atoms with E-state index in [4.69, 9.17) is 0 Å². The van der Waals surface area contributed by atoms with Crippen LogP contribution in [-0.4, -0.2) is 0 Å². The van der Waals surface area contributed by atoms with Crippen molar-refractivity contribution >= 4 is 0 Å². The molecular weight excluding hydrogens is 216 g/mol. The fourth-order valence-electron chi connectivity index (χ4n) is 1.68. The molecule has 0 atom stereocenters. The molecule has 0 heterocycles. The summed E-state index contributed by atoms with van der Waals surface area (Å²) in [7, 11) is 0. The molecule has 0 aromatic carbocycles. The summed E-state index contributed by atoms with van der Waals surface area (Å²) in [5.41, 5.74) is 2.28. The predicted octanol–water partition coefficient (Wildman–Crippen LogP) is 5.92. The lowest BCUT2D eigenvalue weighted by Gasteiger charge is -1.99. The van der Waals surface area contributed by atoms with Gasteiger partial charge in [0.1, 0.15) is 0 Å². The Morgan fingerprint density at radius 3 is 1.17 bits per heavy atom. The molecule has 0 saturated carbocycles. The van der Waals surface area contributed by atoms with E-state index in [1.807, 2.05) is 24.3 Å². The van der Waals surface area contributed by atoms with Crippen LogP contribution in [0.25, 0.3) is 0 Å². The minimum Gasteiger partial charge on any atom is -0.0985 e. The lowest BCUT2D eigenvalue weighted by Crippen LogP contribution is -1.79. The lowest BCUT2D eigenvalue weighted by molar-refractivity contribution is 0.651. The van der Waals surface area contributed by atoms with E-state index in [0.29, 0.717) is 0 Å². The summed E-state index contributed by atoms with van der Waals surface area (Å²) in [4.78, 5) is 0. The Bertz CT molecular complexity index is 272. The zero-order valence-electron chi connectivity index (χ0n) is 11.5. The van der Waals surface area contributed by atoms with Crippen molar-refractivity contribution in [2.45, 2.75) is 38.5 Å². The Labute approximate surface area is 113 Å². The third kappa shape index (κ3) is 8.58. The molecule has 0 saturated heterocycles. The molecule has 0 aliphatic heterocycles. The van der Waals surface area contributed by atoms with E-state index in [1.165, 1.54) is 25.7 Å². The highest BCUT2D eigenvalue weighted by Crippen LogP contribution is 2.10. The van der Waals surface area contributed by atoms with Gasteiger partial charge in [-0.1, -0.05) is 75.6 Å². The highest BCUT2D eigenvalue weighted by Gasteiger charge is 1.90. The molecule has 98 valence electrons. The monoisotopic (exact) mass is 242 g/mol. The van der Waals surface area contributed by atoms with Crippen LogP contribution in [0.4, 0.5) is 0 Å². The van der Waals surface area contributed by atoms with Crippen LogP contribution < -0.4 is 0 Å². The first-order valence-electron chi connectivity index (χ1n) is 6.68. The molecule has 0 amide bonds. The molecule has 0 rings (SSSR count). The van der Waals surface area contributed by atoms with Crippen molar-refractivity contribution in [1.82, 2.24) is 0 Å². The van der Waals surface area contributed by atoms with Crippen LogP contribution in [0, 0.1) is 0 Å². The zero-order chi connectivity index (χ0) is 13.6. The Morgan fingerprint density at radius 2 is 0.889 bits per heavy atom. The van der Waals surface area contributed by atoms with Gasteiger partial charge >= 0.3 is 0 Å². The molecule has 0 aromatic rings. The van der Waals surface area contributed by atoms with E-state index in [9.17, 15) is 0 Å². The normalized spacial score (nSPS) is 9.11. The predicted molar refractivity (Wildman–Crippen MR) is 84.7 cm³/mol. The number of hydrogen-bond acceptors (Lipinski definition) is 0. The van der Waals surface area contributed by atoms with Crippen molar-refractivity contribution in [1.29, 1.82) is 0 Å². The van der Waals surface area contributed by atoms with Gasteiger partial charge in [-0.15, -0.1) is 0 Å². The topological polar surface area (TPSA) is 0 Å². The molecule has 0 radical (unpaired) electrons. The third-order valence-electron chi connectivity index (χ3n) is 2.86. The number of unbranched alkanes of at least 4 members (excludes halogenated alkanes) is 5. The first kappa shape index (κ1) is 16.4. The Balaban J connectivity index is 3.58. The number of rotatable bonds is 11. The van der Waals surface area contributed by atoms with E-state index in [2.05, 4.69) is 38.5 Å². The molecule has 0 aromatic heterocycles. The van der Waals surface area contributed by atoms with Gasteiger partial charge in [0.05, 0.1) is 0 Å². The van der Waals surface area contributed by atoms with Gasteiger partial charge in [-0.05, 0) is 36.8 Å². The summed E-state index contributed by atoms with van der Waals surface area (Å²) in [6.07, 6.45) is 19.1. The minimum absolute atomic E-state index is 1.12. The molecule has 0 aliphatic rings. The van der Waals surface area contributed by atoms with E-state index in [0.717, 1.165) is 24.0 Å². The average molecular weight is 242 g/mol. The van der Waals surface area contributed by atoms with Crippen LogP contribution in [0.2, 0.25) is 0 Å². The van der Waals surface area contributed by atoms with E-state index >= 15 is 0 Å². The summed E-state index contributed by atoms with van der Waals surface area (Å²) in [6.45, 7) is 15.0. The standard InChI is InChI=1S/C18H26/c1-5-17(6-2)15-13-11-9-10-12-14-16-18(7-3)8-4/h5-8,15-16H,1-4,9-14H2. The Hall–Kier alpha value is -1.56. The molecule has 0 nitrogen and oxygen atoms in total. The van der Waals surface area contributed by atoms with Crippen molar-refractivity contribution in [2.24, 2.45) is 0 Å². The van der Waals surface area contributed by atoms with Crippen LogP contribution >= 0.6 is 0 Å². The third-order valence-corrected chi connectivity index (χ3v) is 2.86. The van der Waals surface area contributed by atoms with Crippen molar-refractivity contribution in [3.8, 4) is 0 Å². The maximum atomic E-state index is 3.74. The smallest absolute Gasteiger partial charge is 0.0308 e. The maximum absolute atomic E-state index is 3.74. The Kier molecular flexibility index (Phi) is 10.9. The fourth-order valence-corrected chi connectivity index (χ4v) is 1.68. The number of hydrogen-bond donors (Lipinski definition) is 0. The second kappa shape index (κ2) is 11.9. The molecule has 0 spiro atoms. The van der Waals surface area contributed by atoms with Gasteiger partial charge in [0.25, 0.3) is 0 Å². The maximum Gasteiger partial charge on any atom is -0.0308 e. The van der Waals surface area contributed by atoms with Gasteiger partial charge in [-0.3, -0.25) is 0 Å². The molecule has 0 N–H and O–H groups in total. The van der Waals surface area contributed by atoms with Crippen molar-refractivity contribution in [3.63, 3.8) is 0 Å². The molecular formula is C18H26. The van der Waals surface area contributed by atoms with E-state index in [-0.39, 0.29) is 0 Å². The zero-order valence-corrected chi connectivity index (χ0v) is 11.5. The first-order valence-corrected chi connectivity index (χ1v) is 6.68. The Morgan fingerprint density at radius 1 is 0.556 bits per heavy atom. The van der Waals surface area contributed by atoms with Gasteiger partial charge in [0.2, 0.25) is 0 Å². The molecule has 0 heteroatoms. The van der Waals surface area contributed by atoms with Gasteiger partial charge in [0.15, 0.2) is 0 Å². The summed E-state index contributed by atoms with van der Waals surface area (Å²) >= 11 is 0. The second-order valence-corrected chi connectivity index (χ2v) is 4.22. The summed E-state index contributed by atoms with van der Waals surface area (Å²) in [6, 6.07) is 0. The molecule has 0 fully saturated rings. The van der Waals surface area contributed by atoms with Crippen molar-refractivity contribution < 1.29 is 0 Å². The minimum atomic E-state index is 1.12. The van der Waals surface area contributed by atoms with Crippen LogP contribution in [0.15, 0.2) is 73.9 Å². The van der Waals surface area contributed by atoms with Crippen LogP contribution in [0.3, 0.4) is 0 Å². The van der Waals surface area contributed by atoms with E-state index in [1.54, 1.807) is 0 Å². The molecule has 0 aliphatic carbocycles. The summed E-state index contributed by atoms with van der Waals surface area (Å²) in [5, 5.41) is 0. The molecule has 0 bridgehead atoms. The largest absolute Gasteiger partial charge is 0.0985 e. The number of allylic oxidation sites excluding steroid dienone is 8. The average Bonchev–Trinajstić information content (AvgIpc) is 2.41. The fraction of sp³-hybridized carbons (Fsp3) is 0.333. The highest BCUT2D eigenvalue weighted by molar-refractivity contribution is 5.27. The van der Waals surface area contributed by atoms with Gasteiger partial charge < -0.3 is 0 Å². The van der Waals surface area contributed by atoms with Gasteiger partial charge in [-0.2, -0.15) is 0 Å². The quantitative estimate of drug-likeness (QED) is 0.311. The van der Waals surface area contributed by atoms with Crippen molar-refractivity contribution in [3.05, 3.63) is 73.9 Å². The van der Waals surface area contributed by atoms with Crippen LogP contribution in [0.1, 0.15) is 38.5 Å². The second-order valence-electron chi connectivity index (χ2n) is 4.22. The SMILES string of the molecule is C=CC(C=C)=CCCCCCCC=C(C=C)C=C. The van der Waals surface area contributed by atoms with Crippen LogP contribution in [-0.2, 0) is 0 Å². The summed E-state index contributed by atoms with van der Waals surface area (Å²) in [5.74, 6) is 0. The van der Waals surface area contributed by atoms with Gasteiger partial charge in [0, 0.05) is 0 Å². The van der Waals surface area contributed by atoms with E-state index < -0.39 is 0 Å². The van der Waals surface area contributed by atoms with Crippen LogP contribution in [0.5, 0.6) is 0 Å². The van der Waals surface area contributed by atoms with Crippen molar-refractivity contribution in [2.75, 3.05) is 0 Å². The summed E-state index contributed by atoms with van der Waals surface area (Å²) < 4.78 is 0. The molecule has 0 unspecified atom stereocenters. The lowest BCUT2D eigenvalue weighted by atomic mass is 10.1. The van der Waals surface area contributed by atoms with Gasteiger partial charge in [-0.25, -0.2) is 0 Å².